The van der Waals surface area contributed by atoms with Crippen LogP contribution in [0.15, 0.2) is 30.3 Å². The lowest BCUT2D eigenvalue weighted by Crippen LogP contribution is -2.18. The molecule has 3 N–H and O–H groups in total. The maximum atomic E-state index is 11.3. The Bertz CT molecular complexity index is 598. The molecule has 0 fully saturated rings. The van der Waals surface area contributed by atoms with E-state index in [9.17, 15) is 9.90 Å². The minimum atomic E-state index is -0.975. The number of aliphatic hydroxyl groups excluding tert-OH is 1. The number of carboxylic acid groups (broad SMARTS) is 1. The summed E-state index contributed by atoms with van der Waals surface area (Å²) < 4.78 is 0. The molecule has 0 aliphatic rings. The van der Waals surface area contributed by atoms with E-state index in [2.05, 4.69) is 10.3 Å². The van der Waals surface area contributed by atoms with Crippen molar-refractivity contribution in [2.45, 2.75) is 19.4 Å². The van der Waals surface area contributed by atoms with Gasteiger partial charge in [0, 0.05) is 18.0 Å². The normalized spacial score (nSPS) is 12.3. The predicted octanol–water partition coefficient (Wildman–Crippen LogP) is 2.12. The van der Waals surface area contributed by atoms with Crippen LogP contribution in [0.4, 0.5) is 5.82 Å². The van der Waals surface area contributed by atoms with E-state index >= 15 is 0 Å². The van der Waals surface area contributed by atoms with Crippen molar-refractivity contribution in [3.8, 4) is 0 Å². The number of fused-ring (bicyclic) bond motifs is 1. The van der Waals surface area contributed by atoms with Crippen LogP contribution in [0.5, 0.6) is 0 Å². The average molecular weight is 260 g/mol. The number of nitrogens with zero attached hydrogens (tertiary/aromatic N) is 1. The Morgan fingerprint density at radius 1 is 1.42 bits per heavy atom. The van der Waals surface area contributed by atoms with Gasteiger partial charge < -0.3 is 15.5 Å². The maximum absolute atomic E-state index is 11.3. The summed E-state index contributed by atoms with van der Waals surface area (Å²) >= 11 is 0. The second kappa shape index (κ2) is 5.67. The van der Waals surface area contributed by atoms with Crippen molar-refractivity contribution in [3.05, 3.63) is 35.9 Å². The number of para-hydroxylation sites is 1. The summed E-state index contributed by atoms with van der Waals surface area (Å²) in [5.41, 5.74) is 0.866. The zero-order valence-corrected chi connectivity index (χ0v) is 10.6. The fraction of sp³-hybridized carbons (Fsp3) is 0.286. The number of rotatable bonds is 5. The number of hydrogen-bond acceptors (Lipinski definition) is 4. The summed E-state index contributed by atoms with van der Waals surface area (Å²) in [6.45, 7) is 1.99. The number of anilines is 1. The van der Waals surface area contributed by atoms with E-state index in [1.54, 1.807) is 18.2 Å². The van der Waals surface area contributed by atoms with Gasteiger partial charge in [-0.05, 0) is 25.5 Å². The molecular weight excluding hydrogens is 244 g/mol. The molecule has 1 heterocycles. The summed E-state index contributed by atoms with van der Waals surface area (Å²) in [6.07, 6.45) is 0.580. The average Bonchev–Trinajstić information content (AvgIpc) is 2.37. The first-order valence-electron chi connectivity index (χ1n) is 6.12. The third kappa shape index (κ3) is 3.00. The number of carbonyl (C=O) groups is 1. The topological polar surface area (TPSA) is 82.5 Å². The highest BCUT2D eigenvalue weighted by Gasteiger charge is 2.12. The molecule has 0 amide bonds. The van der Waals surface area contributed by atoms with Crippen LogP contribution < -0.4 is 5.32 Å². The Morgan fingerprint density at radius 2 is 2.16 bits per heavy atom. The fourth-order valence-corrected chi connectivity index (χ4v) is 1.94. The number of pyridine rings is 1. The number of nitrogens with one attached hydrogen (secondary N) is 1. The molecule has 19 heavy (non-hydrogen) atoms. The molecule has 1 unspecified atom stereocenters. The van der Waals surface area contributed by atoms with Crippen molar-refractivity contribution in [2.75, 3.05) is 11.9 Å². The molecule has 0 bridgehead atoms. The molecule has 1 aromatic heterocycles. The van der Waals surface area contributed by atoms with E-state index in [-0.39, 0.29) is 18.2 Å². The Balaban J connectivity index is 2.43. The molecule has 0 saturated heterocycles. The van der Waals surface area contributed by atoms with Crippen LogP contribution in [0.2, 0.25) is 0 Å². The lowest BCUT2D eigenvalue weighted by Gasteiger charge is -2.14. The van der Waals surface area contributed by atoms with Crippen molar-refractivity contribution < 1.29 is 15.0 Å². The first kappa shape index (κ1) is 13.3. The predicted molar refractivity (Wildman–Crippen MR) is 73.5 cm³/mol. The number of aromatic carboxylic acids is 1. The Labute approximate surface area is 110 Å². The SMILES string of the molecule is CC(CCO)Nc1cc(C(=O)O)c2ccccc2n1. The third-order valence-corrected chi connectivity index (χ3v) is 2.90. The lowest BCUT2D eigenvalue weighted by atomic mass is 10.1. The minimum absolute atomic E-state index is 0.0281. The van der Waals surface area contributed by atoms with Gasteiger partial charge in [0.25, 0.3) is 0 Å². The Kier molecular flexibility index (Phi) is 3.97. The molecule has 0 aliphatic heterocycles. The molecule has 5 nitrogen and oxygen atoms in total. The standard InChI is InChI=1S/C14H16N2O3/c1-9(6-7-17)15-13-8-11(14(18)19)10-4-2-3-5-12(10)16-13/h2-5,8-9,17H,6-7H2,1H3,(H,15,16)(H,18,19). The van der Waals surface area contributed by atoms with Crippen molar-refractivity contribution in [3.63, 3.8) is 0 Å². The van der Waals surface area contributed by atoms with Crippen LogP contribution in [0.3, 0.4) is 0 Å². The number of aliphatic hydroxyl groups is 1. The fourth-order valence-electron chi connectivity index (χ4n) is 1.94. The molecule has 5 heteroatoms. The van der Waals surface area contributed by atoms with Crippen LogP contribution in [-0.2, 0) is 0 Å². The molecule has 0 spiro atoms. The van der Waals surface area contributed by atoms with Gasteiger partial charge in [-0.3, -0.25) is 0 Å². The highest BCUT2D eigenvalue weighted by Crippen LogP contribution is 2.21. The maximum Gasteiger partial charge on any atom is 0.336 e. The van der Waals surface area contributed by atoms with Gasteiger partial charge in [0.05, 0.1) is 11.1 Å². The number of carboxylic acids is 1. The van der Waals surface area contributed by atoms with Gasteiger partial charge in [-0.2, -0.15) is 0 Å². The van der Waals surface area contributed by atoms with Crippen molar-refractivity contribution in [2.24, 2.45) is 0 Å². The van der Waals surface area contributed by atoms with Crippen molar-refractivity contribution in [1.29, 1.82) is 0 Å². The Hall–Kier alpha value is -2.14. The van der Waals surface area contributed by atoms with Gasteiger partial charge in [-0.15, -0.1) is 0 Å². The molecule has 0 saturated carbocycles. The van der Waals surface area contributed by atoms with Gasteiger partial charge in [-0.25, -0.2) is 9.78 Å². The van der Waals surface area contributed by atoms with Crippen LogP contribution in [-0.4, -0.2) is 33.8 Å². The van der Waals surface area contributed by atoms with E-state index < -0.39 is 5.97 Å². The number of benzene rings is 1. The lowest BCUT2D eigenvalue weighted by molar-refractivity contribution is 0.0699. The van der Waals surface area contributed by atoms with Crippen LogP contribution >= 0.6 is 0 Å². The highest BCUT2D eigenvalue weighted by atomic mass is 16.4. The smallest absolute Gasteiger partial charge is 0.336 e. The summed E-state index contributed by atoms with van der Waals surface area (Å²) in [5, 5.41) is 21.8. The van der Waals surface area contributed by atoms with E-state index in [1.165, 1.54) is 6.07 Å². The zero-order valence-electron chi connectivity index (χ0n) is 10.6. The highest BCUT2D eigenvalue weighted by molar-refractivity contribution is 6.03. The first-order valence-corrected chi connectivity index (χ1v) is 6.12. The van der Waals surface area contributed by atoms with Gasteiger partial charge in [0.1, 0.15) is 5.82 Å². The van der Waals surface area contributed by atoms with E-state index in [0.29, 0.717) is 23.1 Å². The molecule has 0 radical (unpaired) electrons. The van der Waals surface area contributed by atoms with Crippen molar-refractivity contribution >= 4 is 22.7 Å². The summed E-state index contributed by atoms with van der Waals surface area (Å²) in [6, 6.07) is 8.69. The van der Waals surface area contributed by atoms with Gasteiger partial charge in [0.15, 0.2) is 0 Å². The molecular formula is C14H16N2O3. The first-order chi connectivity index (χ1) is 9.11. The Morgan fingerprint density at radius 3 is 2.84 bits per heavy atom. The van der Waals surface area contributed by atoms with Gasteiger partial charge in [0.2, 0.25) is 0 Å². The molecule has 1 aromatic carbocycles. The second-order valence-corrected chi connectivity index (χ2v) is 4.44. The molecule has 100 valence electrons. The second-order valence-electron chi connectivity index (χ2n) is 4.44. The summed E-state index contributed by atoms with van der Waals surface area (Å²) in [7, 11) is 0. The zero-order chi connectivity index (χ0) is 13.8. The van der Waals surface area contributed by atoms with E-state index in [4.69, 9.17) is 5.11 Å². The van der Waals surface area contributed by atoms with Crippen LogP contribution in [0.25, 0.3) is 10.9 Å². The largest absolute Gasteiger partial charge is 0.478 e. The van der Waals surface area contributed by atoms with Crippen LogP contribution in [0, 0.1) is 0 Å². The number of hydrogen-bond donors (Lipinski definition) is 3. The van der Waals surface area contributed by atoms with Crippen molar-refractivity contribution in [1.82, 2.24) is 4.98 Å². The third-order valence-electron chi connectivity index (χ3n) is 2.90. The van der Waals surface area contributed by atoms with Gasteiger partial charge in [-0.1, -0.05) is 18.2 Å². The minimum Gasteiger partial charge on any atom is -0.478 e. The molecule has 0 aliphatic carbocycles. The molecule has 2 aromatic rings. The van der Waals surface area contributed by atoms with Gasteiger partial charge >= 0.3 is 5.97 Å². The summed E-state index contributed by atoms with van der Waals surface area (Å²) in [5.74, 6) is -0.464. The molecule has 2 rings (SSSR count). The van der Waals surface area contributed by atoms with Crippen LogP contribution in [0.1, 0.15) is 23.7 Å². The quantitative estimate of drug-likeness (QED) is 0.767. The van der Waals surface area contributed by atoms with E-state index in [1.807, 2.05) is 13.0 Å². The van der Waals surface area contributed by atoms with E-state index in [0.717, 1.165) is 0 Å². The summed E-state index contributed by atoms with van der Waals surface area (Å²) in [4.78, 5) is 15.7. The number of aromatic nitrogens is 1. The monoisotopic (exact) mass is 260 g/mol. The molecule has 1 atom stereocenters.